The Labute approximate surface area is 142 Å². The largest absolute Gasteiger partial charge is 0.465 e. The zero-order valence-corrected chi connectivity index (χ0v) is 16.2. The zero-order valence-electron chi connectivity index (χ0n) is 15.2. The fourth-order valence-corrected chi connectivity index (χ4v) is 3.49. The summed E-state index contributed by atoms with van der Waals surface area (Å²) in [7, 11) is -1.84. The molecular weight excluding hydrogens is 310 g/mol. The summed E-state index contributed by atoms with van der Waals surface area (Å²) in [5.74, 6) is -0.457. The fraction of sp³-hybridized carbons (Fsp3) is 0.882. The summed E-state index contributed by atoms with van der Waals surface area (Å²) >= 11 is 0. The van der Waals surface area contributed by atoms with Crippen molar-refractivity contribution in [3.8, 4) is 0 Å². The van der Waals surface area contributed by atoms with Gasteiger partial charge in [0.15, 0.2) is 8.32 Å². The maximum Gasteiger partial charge on any atom is 0.325 e. The van der Waals surface area contributed by atoms with E-state index in [1.54, 1.807) is 6.92 Å². The number of hydrogen-bond donors (Lipinski definition) is 2. The van der Waals surface area contributed by atoms with Gasteiger partial charge in [0.05, 0.1) is 6.61 Å². The number of esters is 1. The number of ether oxygens (including phenoxy) is 1. The van der Waals surface area contributed by atoms with E-state index in [0.717, 1.165) is 31.7 Å². The van der Waals surface area contributed by atoms with Gasteiger partial charge in [-0.3, -0.25) is 9.59 Å². The third-order valence-electron chi connectivity index (χ3n) is 3.68. The standard InChI is InChI=1S/C17H35NO4Si/c1-4-22-17(20)15-18-16(19)13-11-9-7-5-6-8-10-12-14-23(2,3)21/h21H,4-15H2,1-3H3,(H,18,19). The van der Waals surface area contributed by atoms with Crippen molar-refractivity contribution in [2.75, 3.05) is 13.2 Å². The summed E-state index contributed by atoms with van der Waals surface area (Å²) in [6.45, 7) is 6.05. The Morgan fingerprint density at radius 1 is 0.957 bits per heavy atom. The van der Waals surface area contributed by atoms with E-state index in [2.05, 4.69) is 5.32 Å². The highest BCUT2D eigenvalue weighted by atomic mass is 28.4. The van der Waals surface area contributed by atoms with Crippen molar-refractivity contribution in [3.05, 3.63) is 0 Å². The van der Waals surface area contributed by atoms with Crippen LogP contribution in [0.15, 0.2) is 0 Å². The number of amides is 1. The lowest BCUT2D eigenvalue weighted by Crippen LogP contribution is -2.30. The average molecular weight is 346 g/mol. The quantitative estimate of drug-likeness (QED) is 0.287. The van der Waals surface area contributed by atoms with Crippen molar-refractivity contribution in [1.29, 1.82) is 0 Å². The molecular formula is C17H35NO4Si. The molecule has 0 saturated heterocycles. The second kappa shape index (κ2) is 13.5. The maximum atomic E-state index is 11.5. The summed E-state index contributed by atoms with van der Waals surface area (Å²) in [6, 6.07) is 1.01. The molecule has 0 bridgehead atoms. The lowest BCUT2D eigenvalue weighted by Gasteiger charge is -2.12. The summed E-state index contributed by atoms with van der Waals surface area (Å²) < 4.78 is 4.74. The molecule has 0 radical (unpaired) electrons. The van der Waals surface area contributed by atoms with Gasteiger partial charge < -0.3 is 14.8 Å². The first-order valence-corrected chi connectivity index (χ1v) is 12.2. The SMILES string of the molecule is CCOC(=O)CNC(=O)CCCCCCCCCC[Si](C)(C)O. The molecule has 0 aliphatic carbocycles. The van der Waals surface area contributed by atoms with Crippen LogP contribution in [0.25, 0.3) is 0 Å². The van der Waals surface area contributed by atoms with Gasteiger partial charge in [-0.25, -0.2) is 0 Å². The Morgan fingerprint density at radius 2 is 1.48 bits per heavy atom. The summed E-state index contributed by atoms with van der Waals surface area (Å²) in [6.07, 6.45) is 9.63. The molecule has 0 saturated carbocycles. The van der Waals surface area contributed by atoms with Crippen molar-refractivity contribution in [3.63, 3.8) is 0 Å². The first kappa shape index (κ1) is 22.1. The third-order valence-corrected chi connectivity index (χ3v) is 5.25. The molecule has 0 heterocycles. The van der Waals surface area contributed by atoms with Crippen LogP contribution >= 0.6 is 0 Å². The Hall–Kier alpha value is -0.883. The highest BCUT2D eigenvalue weighted by Crippen LogP contribution is 2.14. The van der Waals surface area contributed by atoms with Crippen LogP contribution in [0, 0.1) is 0 Å². The highest BCUT2D eigenvalue weighted by molar-refractivity contribution is 6.69. The number of carbonyl (C=O) groups excluding carboxylic acids is 2. The molecule has 2 N–H and O–H groups in total. The Bertz CT molecular complexity index is 329. The molecule has 0 rings (SSSR count). The monoisotopic (exact) mass is 345 g/mol. The van der Waals surface area contributed by atoms with Crippen molar-refractivity contribution in [2.45, 2.75) is 83.8 Å². The average Bonchev–Trinajstić information content (AvgIpc) is 2.46. The number of rotatable bonds is 14. The van der Waals surface area contributed by atoms with Gasteiger partial charge >= 0.3 is 5.97 Å². The van der Waals surface area contributed by atoms with E-state index >= 15 is 0 Å². The minimum absolute atomic E-state index is 0.0276. The first-order chi connectivity index (χ1) is 10.8. The molecule has 0 spiro atoms. The minimum atomic E-state index is -1.84. The molecule has 5 nitrogen and oxygen atoms in total. The molecule has 0 aliphatic heterocycles. The summed E-state index contributed by atoms with van der Waals surface area (Å²) in [5, 5.41) is 2.57. The first-order valence-electron chi connectivity index (χ1n) is 9.00. The zero-order chi connectivity index (χ0) is 17.6. The molecule has 0 atom stereocenters. The van der Waals surface area contributed by atoms with E-state index in [-0.39, 0.29) is 18.4 Å². The molecule has 0 fully saturated rings. The molecule has 136 valence electrons. The van der Waals surface area contributed by atoms with E-state index in [1.807, 2.05) is 13.1 Å². The molecule has 6 heteroatoms. The molecule has 0 aromatic rings. The molecule has 0 unspecified atom stereocenters. The predicted octanol–water partition coefficient (Wildman–Crippen LogP) is 3.37. The second-order valence-electron chi connectivity index (χ2n) is 6.72. The molecule has 23 heavy (non-hydrogen) atoms. The van der Waals surface area contributed by atoms with Crippen LogP contribution in [-0.4, -0.2) is 38.1 Å². The summed E-state index contributed by atoms with van der Waals surface area (Å²) in [5.41, 5.74) is 0. The summed E-state index contributed by atoms with van der Waals surface area (Å²) in [4.78, 5) is 32.3. The normalized spacial score (nSPS) is 11.3. The van der Waals surface area contributed by atoms with Crippen molar-refractivity contribution >= 4 is 20.2 Å². The smallest absolute Gasteiger partial charge is 0.325 e. The number of carbonyl (C=O) groups is 2. The van der Waals surface area contributed by atoms with Crippen LogP contribution in [0.1, 0.15) is 64.7 Å². The number of unbranched alkanes of at least 4 members (excludes halogenated alkanes) is 7. The van der Waals surface area contributed by atoms with E-state index in [1.165, 1.54) is 25.7 Å². The van der Waals surface area contributed by atoms with Crippen molar-refractivity contribution < 1.29 is 19.1 Å². The van der Waals surface area contributed by atoms with Gasteiger partial charge in [0.25, 0.3) is 0 Å². The van der Waals surface area contributed by atoms with Gasteiger partial charge in [0.2, 0.25) is 5.91 Å². The molecule has 1 amide bonds. The van der Waals surface area contributed by atoms with Gasteiger partial charge in [-0.15, -0.1) is 0 Å². The van der Waals surface area contributed by atoms with Gasteiger partial charge in [-0.05, 0) is 32.5 Å². The third kappa shape index (κ3) is 17.3. The van der Waals surface area contributed by atoms with E-state index in [9.17, 15) is 14.4 Å². The topological polar surface area (TPSA) is 75.6 Å². The van der Waals surface area contributed by atoms with Crippen LogP contribution in [0.2, 0.25) is 19.1 Å². The highest BCUT2D eigenvalue weighted by Gasteiger charge is 2.15. The lowest BCUT2D eigenvalue weighted by atomic mass is 10.1. The van der Waals surface area contributed by atoms with E-state index in [0.29, 0.717) is 13.0 Å². The van der Waals surface area contributed by atoms with Gasteiger partial charge in [-0.2, -0.15) is 0 Å². The van der Waals surface area contributed by atoms with E-state index < -0.39 is 8.32 Å². The number of hydrogen-bond acceptors (Lipinski definition) is 4. The van der Waals surface area contributed by atoms with Crippen LogP contribution < -0.4 is 5.32 Å². The number of nitrogens with one attached hydrogen (secondary N) is 1. The van der Waals surface area contributed by atoms with Crippen molar-refractivity contribution in [1.82, 2.24) is 5.32 Å². The fourth-order valence-electron chi connectivity index (χ4n) is 2.37. The lowest BCUT2D eigenvalue weighted by molar-refractivity contribution is -0.143. The van der Waals surface area contributed by atoms with Crippen LogP contribution in [0.3, 0.4) is 0 Å². The van der Waals surface area contributed by atoms with E-state index in [4.69, 9.17) is 4.74 Å². The Balaban J connectivity index is 3.29. The predicted molar refractivity (Wildman–Crippen MR) is 95.7 cm³/mol. The van der Waals surface area contributed by atoms with Gasteiger partial charge in [-0.1, -0.05) is 44.9 Å². The molecule has 0 aromatic carbocycles. The van der Waals surface area contributed by atoms with Crippen LogP contribution in [0.5, 0.6) is 0 Å². The Morgan fingerprint density at radius 3 is 2.00 bits per heavy atom. The van der Waals surface area contributed by atoms with Crippen LogP contribution in [-0.2, 0) is 14.3 Å². The molecule has 0 aliphatic rings. The maximum absolute atomic E-state index is 11.5. The molecule has 0 aromatic heterocycles. The van der Waals surface area contributed by atoms with Crippen LogP contribution in [0.4, 0.5) is 0 Å². The van der Waals surface area contributed by atoms with Gasteiger partial charge in [0, 0.05) is 6.42 Å². The van der Waals surface area contributed by atoms with Gasteiger partial charge in [0.1, 0.15) is 6.54 Å². The van der Waals surface area contributed by atoms with Crippen molar-refractivity contribution in [2.24, 2.45) is 0 Å². The second-order valence-corrected chi connectivity index (χ2v) is 10.8. The minimum Gasteiger partial charge on any atom is -0.465 e. The Kier molecular flexibility index (Phi) is 13.0.